The van der Waals surface area contributed by atoms with Crippen molar-refractivity contribution in [2.75, 3.05) is 13.2 Å². The molecule has 2 saturated heterocycles. The molecule has 2 aliphatic heterocycles. The van der Waals surface area contributed by atoms with Crippen molar-refractivity contribution in [2.24, 2.45) is 0 Å². The first-order valence-electron chi connectivity index (χ1n) is 12.0. The Balaban J connectivity index is 1.56. The molecule has 194 valence electrons. The zero-order chi connectivity index (χ0) is 25.5. The number of aliphatic carboxylic acids is 1. The van der Waals surface area contributed by atoms with E-state index in [1.165, 1.54) is 6.92 Å². The van der Waals surface area contributed by atoms with Crippen LogP contribution < -0.4 is 9.47 Å². The molecule has 0 saturated carbocycles. The maximum absolute atomic E-state index is 11.8. The molecular weight excluding hydrogens is 536 g/mol. The maximum Gasteiger partial charge on any atom is 0.345 e. The molecule has 0 amide bonds. The Kier molecular flexibility index (Phi) is 9.11. The zero-order valence-electron chi connectivity index (χ0n) is 20.0. The molecule has 1 aromatic heterocycles. The lowest BCUT2D eigenvalue weighted by Crippen LogP contribution is -2.28. The molecule has 4 rings (SSSR count). The Morgan fingerprint density at radius 1 is 1.17 bits per heavy atom. The van der Waals surface area contributed by atoms with Gasteiger partial charge in [-0.3, -0.25) is 4.79 Å². The van der Waals surface area contributed by atoms with Crippen LogP contribution in [0.25, 0.3) is 0 Å². The quantitative estimate of drug-likeness (QED) is 0.420. The van der Waals surface area contributed by atoms with Crippen LogP contribution in [0.5, 0.6) is 11.5 Å². The minimum atomic E-state index is -1.38. The molecule has 1 N–H and O–H groups in total. The highest BCUT2D eigenvalue weighted by molar-refractivity contribution is 9.10. The molecule has 3 heterocycles. The van der Waals surface area contributed by atoms with Crippen molar-refractivity contribution in [1.29, 1.82) is 0 Å². The zero-order valence-corrected chi connectivity index (χ0v) is 21.6. The third kappa shape index (κ3) is 7.14. The first-order chi connectivity index (χ1) is 17.4. The molecule has 0 spiro atoms. The van der Waals surface area contributed by atoms with E-state index in [1.807, 2.05) is 0 Å². The minimum Gasteiger partial charge on any atom is -0.487 e. The fourth-order valence-electron chi connectivity index (χ4n) is 4.07. The molecule has 1 aromatic carbocycles. The first kappa shape index (κ1) is 26.3. The maximum atomic E-state index is 11.8. The lowest BCUT2D eigenvalue weighted by molar-refractivity contribution is -0.162. The second kappa shape index (κ2) is 12.5. The Labute approximate surface area is 217 Å². The predicted octanol–water partition coefficient (Wildman–Crippen LogP) is 4.13. The van der Waals surface area contributed by atoms with E-state index < -0.39 is 24.3 Å². The van der Waals surface area contributed by atoms with E-state index in [4.69, 9.17) is 23.7 Å². The Morgan fingerprint density at radius 3 is 2.69 bits per heavy atom. The van der Waals surface area contributed by atoms with Gasteiger partial charge in [0.15, 0.2) is 12.1 Å². The van der Waals surface area contributed by atoms with Gasteiger partial charge in [0.25, 0.3) is 0 Å². The number of carboxylic acid groups (broad SMARTS) is 1. The number of ether oxygens (including phenoxy) is 5. The third-order valence-corrected chi connectivity index (χ3v) is 6.45. The van der Waals surface area contributed by atoms with Crippen molar-refractivity contribution in [1.82, 2.24) is 9.97 Å². The number of carbonyl (C=O) groups excluding carboxylic acids is 1. The van der Waals surface area contributed by atoms with Crippen molar-refractivity contribution in [2.45, 2.75) is 70.6 Å². The number of esters is 1. The van der Waals surface area contributed by atoms with Crippen LogP contribution >= 0.6 is 15.9 Å². The van der Waals surface area contributed by atoms with Gasteiger partial charge in [0.1, 0.15) is 24.2 Å². The highest BCUT2D eigenvalue weighted by Gasteiger charge is 2.26. The number of rotatable bonds is 10. The number of aromatic nitrogens is 2. The highest BCUT2D eigenvalue weighted by Crippen LogP contribution is 2.36. The van der Waals surface area contributed by atoms with Gasteiger partial charge in [-0.1, -0.05) is 0 Å². The Morgan fingerprint density at radius 2 is 2.00 bits per heavy atom. The van der Waals surface area contributed by atoms with E-state index >= 15 is 0 Å². The molecule has 10 nitrogen and oxygen atoms in total. The number of hydrogen-bond acceptors (Lipinski definition) is 9. The highest BCUT2D eigenvalue weighted by atomic mass is 79.9. The van der Waals surface area contributed by atoms with E-state index in [0.717, 1.165) is 32.1 Å². The summed E-state index contributed by atoms with van der Waals surface area (Å²) in [5.41, 5.74) is 1.16. The molecule has 0 radical (unpaired) electrons. The van der Waals surface area contributed by atoms with Crippen molar-refractivity contribution >= 4 is 27.9 Å². The van der Waals surface area contributed by atoms with E-state index in [0.29, 0.717) is 46.3 Å². The summed E-state index contributed by atoms with van der Waals surface area (Å²) in [5, 5.41) is 9.59. The molecule has 36 heavy (non-hydrogen) atoms. The van der Waals surface area contributed by atoms with E-state index in [-0.39, 0.29) is 19.1 Å². The fourth-order valence-corrected chi connectivity index (χ4v) is 4.48. The molecule has 2 fully saturated rings. The second-order valence-corrected chi connectivity index (χ2v) is 9.50. The monoisotopic (exact) mass is 564 g/mol. The van der Waals surface area contributed by atoms with Crippen molar-refractivity contribution < 1.29 is 38.4 Å². The average molecular weight is 565 g/mol. The van der Waals surface area contributed by atoms with Crippen LogP contribution in [0.15, 0.2) is 28.9 Å². The number of hydrogen-bond donors (Lipinski definition) is 1. The predicted molar refractivity (Wildman–Crippen MR) is 130 cm³/mol. The van der Waals surface area contributed by atoms with Gasteiger partial charge >= 0.3 is 11.9 Å². The second-order valence-electron chi connectivity index (χ2n) is 8.64. The molecule has 2 aliphatic rings. The summed E-state index contributed by atoms with van der Waals surface area (Å²) in [4.78, 5) is 32.1. The van der Waals surface area contributed by atoms with Crippen LogP contribution in [-0.2, 0) is 36.8 Å². The smallest absolute Gasteiger partial charge is 0.345 e. The molecule has 11 heteroatoms. The average Bonchev–Trinajstić information content (AvgIpc) is 3.40. The van der Waals surface area contributed by atoms with Gasteiger partial charge in [-0.15, -0.1) is 0 Å². The van der Waals surface area contributed by atoms with Crippen LogP contribution in [0.2, 0.25) is 0 Å². The Bertz CT molecular complexity index is 1070. The molecule has 0 aliphatic carbocycles. The molecule has 2 aromatic rings. The number of carboxylic acids is 1. The number of halogens is 1. The molecule has 2 unspecified atom stereocenters. The van der Waals surface area contributed by atoms with Crippen LogP contribution in [0.1, 0.15) is 62.2 Å². The SMILES string of the molecule is CC(=O)OC(Cc1cc(OC2CCCCO2)c(Br)cc1OCc1ccnc([C@@H]2CCCO2)n1)C(=O)O. The van der Waals surface area contributed by atoms with Gasteiger partial charge in [0, 0.05) is 38.1 Å². The standard InChI is InChI=1S/C25H29BrN2O8/c1-15(29)35-22(25(30)31)12-16-11-21(36-23-6-2-3-9-33-23)18(26)13-20(16)34-14-17-7-8-27-24(28-17)19-5-4-10-32-19/h7-8,11,13,19,22-23H,2-6,9-10,12,14H2,1H3,(H,30,31)/t19-,22?,23?/m0/s1. The van der Waals surface area contributed by atoms with Crippen molar-refractivity contribution in [3.63, 3.8) is 0 Å². The minimum absolute atomic E-state index is 0.107. The lowest BCUT2D eigenvalue weighted by Gasteiger charge is -2.25. The van der Waals surface area contributed by atoms with Gasteiger partial charge in [0.2, 0.25) is 6.10 Å². The molecule has 0 bridgehead atoms. The molecule has 3 atom stereocenters. The number of carbonyl (C=O) groups is 2. The van der Waals surface area contributed by atoms with Crippen LogP contribution in [0.3, 0.4) is 0 Å². The fraction of sp³-hybridized carbons (Fsp3) is 0.520. The van der Waals surface area contributed by atoms with E-state index in [9.17, 15) is 14.7 Å². The number of nitrogens with zero attached hydrogens (tertiary/aromatic N) is 2. The summed E-state index contributed by atoms with van der Waals surface area (Å²) in [6.07, 6.45) is 4.26. The summed E-state index contributed by atoms with van der Waals surface area (Å²) < 4.78 is 29.1. The summed E-state index contributed by atoms with van der Waals surface area (Å²) in [5.74, 6) is -0.425. The molecular formula is C25H29BrN2O8. The van der Waals surface area contributed by atoms with E-state index in [1.54, 1.807) is 24.4 Å². The summed E-state index contributed by atoms with van der Waals surface area (Å²) >= 11 is 3.52. The summed E-state index contributed by atoms with van der Waals surface area (Å²) in [6, 6.07) is 5.15. The van der Waals surface area contributed by atoms with Gasteiger partial charge < -0.3 is 28.8 Å². The van der Waals surface area contributed by atoms with Gasteiger partial charge in [-0.25, -0.2) is 14.8 Å². The van der Waals surface area contributed by atoms with Crippen molar-refractivity contribution in [3.05, 3.63) is 46.0 Å². The number of benzene rings is 1. The normalized spacial score (nSPS) is 20.5. The van der Waals surface area contributed by atoms with Crippen LogP contribution in [0, 0.1) is 0 Å². The Hall–Kier alpha value is -2.76. The van der Waals surface area contributed by atoms with E-state index in [2.05, 4.69) is 25.9 Å². The topological polar surface area (TPSA) is 126 Å². The van der Waals surface area contributed by atoms with Gasteiger partial charge in [-0.2, -0.15) is 0 Å². The van der Waals surface area contributed by atoms with Crippen molar-refractivity contribution in [3.8, 4) is 11.5 Å². The van der Waals surface area contributed by atoms with Gasteiger partial charge in [0.05, 0.1) is 16.8 Å². The van der Waals surface area contributed by atoms with Crippen LogP contribution in [-0.4, -0.2) is 52.6 Å². The lowest BCUT2D eigenvalue weighted by atomic mass is 10.1. The van der Waals surface area contributed by atoms with Crippen LogP contribution in [0.4, 0.5) is 0 Å². The third-order valence-electron chi connectivity index (χ3n) is 5.83. The first-order valence-corrected chi connectivity index (χ1v) is 12.7. The summed E-state index contributed by atoms with van der Waals surface area (Å²) in [6.45, 7) is 2.61. The van der Waals surface area contributed by atoms with Gasteiger partial charge in [-0.05, 0) is 59.8 Å². The summed E-state index contributed by atoms with van der Waals surface area (Å²) in [7, 11) is 0. The largest absolute Gasteiger partial charge is 0.487 e.